The molecule has 0 spiro atoms. The molecule has 0 saturated carbocycles. The zero-order valence-corrected chi connectivity index (χ0v) is 14.9. The summed E-state index contributed by atoms with van der Waals surface area (Å²) in [5.41, 5.74) is 1.39. The van der Waals surface area contributed by atoms with Crippen molar-refractivity contribution in [2.24, 2.45) is 0 Å². The Labute approximate surface area is 147 Å². The predicted molar refractivity (Wildman–Crippen MR) is 98.1 cm³/mol. The Hall–Kier alpha value is -2.25. The molecular weight excluding hydrogens is 320 g/mol. The number of anilines is 1. The smallest absolute Gasteiger partial charge is 0.301 e. The molecule has 3 rings (SSSR count). The third-order valence-corrected chi connectivity index (χ3v) is 4.58. The van der Waals surface area contributed by atoms with Gasteiger partial charge in [0.1, 0.15) is 5.69 Å². The van der Waals surface area contributed by atoms with E-state index in [1.165, 1.54) is 0 Å². The summed E-state index contributed by atoms with van der Waals surface area (Å²) in [5.74, 6) is 0. The van der Waals surface area contributed by atoms with E-state index in [2.05, 4.69) is 23.7 Å². The molecule has 0 amide bonds. The van der Waals surface area contributed by atoms with Crippen molar-refractivity contribution in [1.82, 2.24) is 9.88 Å². The van der Waals surface area contributed by atoms with Gasteiger partial charge in [0, 0.05) is 39.4 Å². The van der Waals surface area contributed by atoms with Gasteiger partial charge in [0.2, 0.25) is 0 Å². The molecule has 2 heterocycles. The predicted octanol–water partition coefficient (Wildman–Crippen LogP) is 2.69. The lowest BCUT2D eigenvalue weighted by atomic mass is 10.1. The third-order valence-electron chi connectivity index (χ3n) is 4.58. The Morgan fingerprint density at radius 2 is 2.04 bits per heavy atom. The number of ether oxygens (including phenoxy) is 1. The first-order chi connectivity index (χ1) is 12.0. The summed E-state index contributed by atoms with van der Waals surface area (Å²) >= 11 is 0. The minimum absolute atomic E-state index is 0.122. The second-order valence-electron chi connectivity index (χ2n) is 6.70. The Kier molecular flexibility index (Phi) is 5.15. The highest BCUT2D eigenvalue weighted by molar-refractivity contribution is 5.94. The van der Waals surface area contributed by atoms with Crippen LogP contribution in [0.4, 0.5) is 11.4 Å². The number of hydrogen-bond acceptors (Lipinski definition) is 6. The molecule has 1 saturated heterocycles. The van der Waals surface area contributed by atoms with Gasteiger partial charge in [-0.1, -0.05) is 0 Å². The number of pyridine rings is 1. The molecule has 0 unspecified atom stereocenters. The van der Waals surface area contributed by atoms with E-state index >= 15 is 0 Å². The fraction of sp³-hybridized carbons (Fsp3) is 0.500. The molecule has 0 bridgehead atoms. The highest BCUT2D eigenvalue weighted by Crippen LogP contribution is 2.34. The van der Waals surface area contributed by atoms with Gasteiger partial charge in [0.25, 0.3) is 0 Å². The lowest BCUT2D eigenvalue weighted by molar-refractivity contribution is -0.382. The summed E-state index contributed by atoms with van der Waals surface area (Å²) in [5, 5.41) is 12.2. The molecule has 25 heavy (non-hydrogen) atoms. The van der Waals surface area contributed by atoms with E-state index in [-0.39, 0.29) is 22.8 Å². The van der Waals surface area contributed by atoms with Crippen LogP contribution in [0.3, 0.4) is 0 Å². The van der Waals surface area contributed by atoms with Gasteiger partial charge in [-0.3, -0.25) is 20.0 Å². The molecular formula is C18H24N4O3. The number of benzene rings is 1. The van der Waals surface area contributed by atoms with Gasteiger partial charge < -0.3 is 9.64 Å². The number of nitro groups is 1. The summed E-state index contributed by atoms with van der Waals surface area (Å²) in [7, 11) is 1.90. The molecule has 134 valence electrons. The first-order valence-electron chi connectivity index (χ1n) is 8.56. The number of likely N-dealkylation sites (N-methyl/N-ethyl adjacent to an activating group) is 1. The number of hydrogen-bond donors (Lipinski definition) is 0. The zero-order valence-electron chi connectivity index (χ0n) is 14.9. The normalized spacial score (nSPS) is 21.4. The Morgan fingerprint density at radius 3 is 2.72 bits per heavy atom. The van der Waals surface area contributed by atoms with Gasteiger partial charge in [-0.2, -0.15) is 0 Å². The van der Waals surface area contributed by atoms with Crippen LogP contribution in [0.5, 0.6) is 0 Å². The number of aromatic nitrogens is 1. The van der Waals surface area contributed by atoms with E-state index in [0.29, 0.717) is 23.1 Å². The lowest BCUT2D eigenvalue weighted by Gasteiger charge is -2.36. The Balaban J connectivity index is 1.79. The average molecular weight is 344 g/mol. The summed E-state index contributed by atoms with van der Waals surface area (Å²) in [6.45, 7) is 7.49. The van der Waals surface area contributed by atoms with E-state index in [1.54, 1.807) is 24.4 Å². The second kappa shape index (κ2) is 7.33. The zero-order chi connectivity index (χ0) is 18.0. The highest BCUT2D eigenvalue weighted by Gasteiger charge is 2.24. The molecule has 1 aliphatic heterocycles. The van der Waals surface area contributed by atoms with Crippen LogP contribution in [0, 0.1) is 10.1 Å². The number of nitro benzene ring substituents is 1. The molecule has 2 atom stereocenters. The summed E-state index contributed by atoms with van der Waals surface area (Å²) in [6, 6.07) is 7.11. The molecule has 1 fully saturated rings. The maximum Gasteiger partial charge on any atom is 0.301 e. The van der Waals surface area contributed by atoms with Crippen LogP contribution in [0.2, 0.25) is 0 Å². The molecule has 1 aromatic heterocycles. The van der Waals surface area contributed by atoms with Gasteiger partial charge in [-0.15, -0.1) is 0 Å². The van der Waals surface area contributed by atoms with Gasteiger partial charge >= 0.3 is 5.69 Å². The standard InChI is InChI=1S/C18H24N4O3/c1-13-11-21(12-14(2)25-13)10-9-20(3)17-7-6-16-15(5-4-8-19-16)18(17)22(23)24/h4-8,13-14H,9-12H2,1-3H3/t13-,14+. The van der Waals surface area contributed by atoms with E-state index in [9.17, 15) is 10.1 Å². The Bertz CT molecular complexity index is 757. The lowest BCUT2D eigenvalue weighted by Crippen LogP contribution is -2.47. The fourth-order valence-corrected chi connectivity index (χ4v) is 3.50. The van der Waals surface area contributed by atoms with Crippen molar-refractivity contribution in [3.8, 4) is 0 Å². The van der Waals surface area contributed by atoms with E-state index in [0.717, 1.165) is 19.6 Å². The molecule has 0 aliphatic carbocycles. The van der Waals surface area contributed by atoms with Crippen molar-refractivity contribution in [2.75, 3.05) is 38.1 Å². The van der Waals surface area contributed by atoms with Crippen molar-refractivity contribution in [1.29, 1.82) is 0 Å². The second-order valence-corrected chi connectivity index (χ2v) is 6.70. The van der Waals surface area contributed by atoms with Crippen LogP contribution >= 0.6 is 0 Å². The van der Waals surface area contributed by atoms with E-state index < -0.39 is 0 Å². The van der Waals surface area contributed by atoms with Crippen LogP contribution in [-0.4, -0.2) is 60.2 Å². The number of rotatable bonds is 5. The van der Waals surface area contributed by atoms with Crippen LogP contribution in [-0.2, 0) is 4.74 Å². The minimum Gasteiger partial charge on any atom is -0.373 e. The maximum absolute atomic E-state index is 11.7. The number of nitrogens with zero attached hydrogens (tertiary/aromatic N) is 4. The first-order valence-corrected chi connectivity index (χ1v) is 8.56. The highest BCUT2D eigenvalue weighted by atomic mass is 16.6. The molecule has 0 radical (unpaired) electrons. The van der Waals surface area contributed by atoms with Crippen molar-refractivity contribution >= 4 is 22.3 Å². The molecule has 0 N–H and O–H groups in total. The SMILES string of the molecule is C[C@@H]1CN(CCN(C)c2ccc3ncccc3c2[N+](=O)[O-])C[C@H](C)O1. The topological polar surface area (TPSA) is 71.7 Å². The number of fused-ring (bicyclic) bond motifs is 1. The maximum atomic E-state index is 11.7. The van der Waals surface area contributed by atoms with Gasteiger partial charge in [0.15, 0.2) is 0 Å². The van der Waals surface area contributed by atoms with Crippen molar-refractivity contribution in [3.05, 3.63) is 40.6 Å². The first kappa shape index (κ1) is 17.6. The van der Waals surface area contributed by atoms with Crippen LogP contribution in [0.15, 0.2) is 30.5 Å². The quantitative estimate of drug-likeness (QED) is 0.613. The summed E-state index contributed by atoms with van der Waals surface area (Å²) in [4.78, 5) is 19.9. The van der Waals surface area contributed by atoms with Gasteiger partial charge in [-0.25, -0.2) is 0 Å². The summed E-state index contributed by atoms with van der Waals surface area (Å²) < 4.78 is 5.76. The van der Waals surface area contributed by atoms with E-state index in [1.807, 2.05) is 18.0 Å². The largest absolute Gasteiger partial charge is 0.373 e. The Morgan fingerprint density at radius 1 is 1.32 bits per heavy atom. The summed E-state index contributed by atoms with van der Waals surface area (Å²) in [6.07, 6.45) is 2.08. The molecule has 2 aromatic rings. The van der Waals surface area contributed by atoms with Crippen LogP contribution in [0.1, 0.15) is 13.8 Å². The van der Waals surface area contributed by atoms with Gasteiger partial charge in [0.05, 0.1) is 28.0 Å². The van der Waals surface area contributed by atoms with Crippen molar-refractivity contribution in [3.63, 3.8) is 0 Å². The molecule has 7 heteroatoms. The van der Waals surface area contributed by atoms with Gasteiger partial charge in [-0.05, 0) is 38.1 Å². The van der Waals surface area contributed by atoms with E-state index in [4.69, 9.17) is 4.74 Å². The third kappa shape index (κ3) is 3.88. The van der Waals surface area contributed by atoms with Crippen LogP contribution in [0.25, 0.3) is 10.9 Å². The monoisotopic (exact) mass is 344 g/mol. The molecule has 1 aromatic carbocycles. The van der Waals surface area contributed by atoms with Crippen molar-refractivity contribution in [2.45, 2.75) is 26.1 Å². The fourth-order valence-electron chi connectivity index (χ4n) is 3.50. The minimum atomic E-state index is -0.311. The van der Waals surface area contributed by atoms with Crippen molar-refractivity contribution < 1.29 is 9.66 Å². The van der Waals surface area contributed by atoms with Crippen LogP contribution < -0.4 is 4.90 Å². The average Bonchev–Trinajstić information content (AvgIpc) is 2.57. The number of morpholine rings is 1. The molecule has 1 aliphatic rings. The molecule has 7 nitrogen and oxygen atoms in total.